The third kappa shape index (κ3) is 8.96. The first kappa shape index (κ1) is 20.5. The molecule has 2 N–H and O–H groups in total. The van der Waals surface area contributed by atoms with Crippen molar-refractivity contribution >= 4 is 17.6 Å². The predicted octanol–water partition coefficient (Wildman–Crippen LogP) is 2.33. The monoisotopic (exact) mass is 357 g/mol. The minimum absolute atomic E-state index is 0.0409. The van der Waals surface area contributed by atoms with Gasteiger partial charge in [0.1, 0.15) is 11.9 Å². The van der Waals surface area contributed by atoms with E-state index in [1.54, 1.807) is 14.2 Å². The van der Waals surface area contributed by atoms with E-state index < -0.39 is 0 Å². The molecule has 1 aromatic rings. The lowest BCUT2D eigenvalue weighted by Crippen LogP contribution is -2.42. The van der Waals surface area contributed by atoms with Crippen LogP contribution in [0.1, 0.15) is 13.3 Å². The van der Waals surface area contributed by atoms with Gasteiger partial charge in [0.05, 0.1) is 24.8 Å². The molecule has 0 spiro atoms. The van der Waals surface area contributed by atoms with E-state index in [-0.39, 0.29) is 6.10 Å². The predicted molar refractivity (Wildman–Crippen MR) is 98.2 cm³/mol. The molecule has 0 saturated heterocycles. The third-order valence-electron chi connectivity index (χ3n) is 3.14. The largest absolute Gasteiger partial charge is 0.487 e. The molecule has 7 heteroatoms. The summed E-state index contributed by atoms with van der Waals surface area (Å²) in [7, 11) is 3.40. The summed E-state index contributed by atoms with van der Waals surface area (Å²) < 4.78 is 16.1. The summed E-state index contributed by atoms with van der Waals surface area (Å²) in [5.41, 5.74) is 0. The van der Waals surface area contributed by atoms with E-state index in [4.69, 9.17) is 25.8 Å². The van der Waals surface area contributed by atoms with Gasteiger partial charge in [0.25, 0.3) is 0 Å². The van der Waals surface area contributed by atoms with Gasteiger partial charge < -0.3 is 24.8 Å². The Balaban J connectivity index is 2.18. The zero-order valence-corrected chi connectivity index (χ0v) is 15.4. The molecule has 24 heavy (non-hydrogen) atoms. The summed E-state index contributed by atoms with van der Waals surface area (Å²) in [5.74, 6) is 1.42. The second-order valence-electron chi connectivity index (χ2n) is 5.20. The average molecular weight is 358 g/mol. The van der Waals surface area contributed by atoms with Gasteiger partial charge in [-0.15, -0.1) is 0 Å². The number of methoxy groups -OCH3 is 1. The van der Waals surface area contributed by atoms with Crippen LogP contribution in [0.15, 0.2) is 29.3 Å². The van der Waals surface area contributed by atoms with Crippen LogP contribution in [0.2, 0.25) is 5.02 Å². The molecule has 1 aromatic carbocycles. The van der Waals surface area contributed by atoms with Gasteiger partial charge in [-0.3, -0.25) is 4.99 Å². The standard InChI is InChI=1S/C17H28ClN3O3/c1-14(24-16-8-5-4-7-15(16)18)13-21-17(19-2)20-9-6-10-23-12-11-22-3/h4-5,7-8,14H,6,9-13H2,1-3H3,(H2,19,20,21). The zero-order valence-electron chi connectivity index (χ0n) is 14.7. The van der Waals surface area contributed by atoms with Crippen LogP contribution in [0.5, 0.6) is 5.75 Å². The fraction of sp³-hybridized carbons (Fsp3) is 0.588. The number of ether oxygens (including phenoxy) is 3. The maximum Gasteiger partial charge on any atom is 0.191 e. The Bertz CT molecular complexity index is 486. The topological polar surface area (TPSA) is 64.1 Å². The summed E-state index contributed by atoms with van der Waals surface area (Å²) in [5, 5.41) is 7.08. The molecule has 1 rings (SSSR count). The van der Waals surface area contributed by atoms with Gasteiger partial charge in [-0.2, -0.15) is 0 Å². The lowest BCUT2D eigenvalue weighted by atomic mass is 10.3. The fourth-order valence-electron chi connectivity index (χ4n) is 1.89. The van der Waals surface area contributed by atoms with E-state index in [0.717, 1.165) is 18.9 Å². The van der Waals surface area contributed by atoms with Crippen molar-refractivity contribution in [3.8, 4) is 5.75 Å². The lowest BCUT2D eigenvalue weighted by molar-refractivity contribution is 0.0698. The Morgan fingerprint density at radius 1 is 1.21 bits per heavy atom. The Kier molecular flexibility index (Phi) is 11.0. The molecular weight excluding hydrogens is 330 g/mol. The molecule has 0 aromatic heterocycles. The van der Waals surface area contributed by atoms with Gasteiger partial charge in [0, 0.05) is 27.3 Å². The van der Waals surface area contributed by atoms with E-state index >= 15 is 0 Å². The number of para-hydroxylation sites is 1. The Labute approximate surface area is 149 Å². The van der Waals surface area contributed by atoms with Gasteiger partial charge in [-0.1, -0.05) is 23.7 Å². The highest BCUT2D eigenvalue weighted by Crippen LogP contribution is 2.23. The van der Waals surface area contributed by atoms with Crippen LogP contribution >= 0.6 is 11.6 Å². The van der Waals surface area contributed by atoms with Crippen LogP contribution in [-0.2, 0) is 9.47 Å². The van der Waals surface area contributed by atoms with Crippen molar-refractivity contribution in [1.82, 2.24) is 10.6 Å². The van der Waals surface area contributed by atoms with E-state index in [0.29, 0.717) is 37.1 Å². The van der Waals surface area contributed by atoms with E-state index in [1.807, 2.05) is 31.2 Å². The Morgan fingerprint density at radius 3 is 2.71 bits per heavy atom. The summed E-state index contributed by atoms with van der Waals surface area (Å²) in [6.45, 7) is 5.33. The first-order valence-corrected chi connectivity index (χ1v) is 8.47. The number of aliphatic imine (C=N–C) groups is 1. The summed E-state index contributed by atoms with van der Waals surface area (Å²) >= 11 is 6.09. The SMILES string of the molecule is CN=C(NCCCOCCOC)NCC(C)Oc1ccccc1Cl. The van der Waals surface area contributed by atoms with Crippen molar-refractivity contribution in [2.24, 2.45) is 4.99 Å². The Morgan fingerprint density at radius 2 is 2.00 bits per heavy atom. The van der Waals surface area contributed by atoms with E-state index in [1.165, 1.54) is 0 Å². The number of hydrogen-bond acceptors (Lipinski definition) is 4. The van der Waals surface area contributed by atoms with Crippen molar-refractivity contribution < 1.29 is 14.2 Å². The molecule has 0 heterocycles. The molecule has 0 amide bonds. The molecule has 0 bridgehead atoms. The molecular formula is C17H28ClN3O3. The van der Waals surface area contributed by atoms with Crippen LogP contribution in [0, 0.1) is 0 Å². The number of benzene rings is 1. The van der Waals surface area contributed by atoms with Crippen LogP contribution in [-0.4, -0.2) is 59.1 Å². The fourth-order valence-corrected chi connectivity index (χ4v) is 2.07. The van der Waals surface area contributed by atoms with Crippen molar-refractivity contribution in [3.63, 3.8) is 0 Å². The zero-order chi connectivity index (χ0) is 17.6. The van der Waals surface area contributed by atoms with Gasteiger partial charge in [0.2, 0.25) is 0 Å². The Hall–Kier alpha value is -1.50. The van der Waals surface area contributed by atoms with Crippen LogP contribution in [0.25, 0.3) is 0 Å². The number of rotatable bonds is 11. The first-order valence-electron chi connectivity index (χ1n) is 8.09. The van der Waals surface area contributed by atoms with Crippen molar-refractivity contribution in [2.75, 3.05) is 47.1 Å². The van der Waals surface area contributed by atoms with Gasteiger partial charge >= 0.3 is 0 Å². The lowest BCUT2D eigenvalue weighted by Gasteiger charge is -2.18. The molecule has 136 valence electrons. The van der Waals surface area contributed by atoms with Crippen molar-refractivity contribution in [1.29, 1.82) is 0 Å². The van der Waals surface area contributed by atoms with E-state index in [9.17, 15) is 0 Å². The summed E-state index contributed by atoms with van der Waals surface area (Å²) in [4.78, 5) is 4.18. The number of nitrogens with zero attached hydrogens (tertiary/aromatic N) is 1. The van der Waals surface area contributed by atoms with Gasteiger partial charge in [0.15, 0.2) is 5.96 Å². The third-order valence-corrected chi connectivity index (χ3v) is 3.45. The van der Waals surface area contributed by atoms with Crippen LogP contribution in [0.3, 0.4) is 0 Å². The quantitative estimate of drug-likeness (QED) is 0.361. The van der Waals surface area contributed by atoms with E-state index in [2.05, 4.69) is 15.6 Å². The molecule has 0 aliphatic carbocycles. The van der Waals surface area contributed by atoms with Crippen molar-refractivity contribution in [2.45, 2.75) is 19.4 Å². The highest BCUT2D eigenvalue weighted by Gasteiger charge is 2.07. The number of guanidine groups is 1. The molecule has 0 aliphatic heterocycles. The summed E-state index contributed by atoms with van der Waals surface area (Å²) in [6.07, 6.45) is 0.858. The molecule has 0 aliphatic rings. The number of nitrogens with one attached hydrogen (secondary N) is 2. The molecule has 6 nitrogen and oxygen atoms in total. The maximum absolute atomic E-state index is 6.09. The second kappa shape index (κ2) is 12.9. The highest BCUT2D eigenvalue weighted by atomic mass is 35.5. The van der Waals surface area contributed by atoms with Gasteiger partial charge in [-0.05, 0) is 25.5 Å². The molecule has 0 radical (unpaired) electrons. The molecule has 1 unspecified atom stereocenters. The van der Waals surface area contributed by atoms with Gasteiger partial charge in [-0.25, -0.2) is 0 Å². The smallest absolute Gasteiger partial charge is 0.191 e. The molecule has 0 fully saturated rings. The van der Waals surface area contributed by atoms with Crippen LogP contribution < -0.4 is 15.4 Å². The maximum atomic E-state index is 6.09. The number of halogens is 1. The molecule has 0 saturated carbocycles. The van der Waals surface area contributed by atoms with Crippen molar-refractivity contribution in [3.05, 3.63) is 29.3 Å². The minimum Gasteiger partial charge on any atom is -0.487 e. The van der Waals surface area contributed by atoms with Crippen LogP contribution in [0.4, 0.5) is 0 Å². The average Bonchev–Trinajstić information content (AvgIpc) is 2.58. The summed E-state index contributed by atoms with van der Waals surface area (Å²) in [6, 6.07) is 7.45. The second-order valence-corrected chi connectivity index (χ2v) is 5.60. The first-order chi connectivity index (χ1) is 11.7. The molecule has 1 atom stereocenters. The highest BCUT2D eigenvalue weighted by molar-refractivity contribution is 6.32. The normalized spacial score (nSPS) is 12.8. The number of hydrogen-bond donors (Lipinski definition) is 2. The minimum atomic E-state index is -0.0409.